The van der Waals surface area contributed by atoms with E-state index in [9.17, 15) is 9.90 Å². The Bertz CT molecular complexity index is 908. The van der Waals surface area contributed by atoms with Crippen LogP contribution in [0.5, 0.6) is 5.75 Å². The predicted molar refractivity (Wildman–Crippen MR) is 92.4 cm³/mol. The first-order valence-electron chi connectivity index (χ1n) is 7.72. The van der Waals surface area contributed by atoms with Crippen molar-refractivity contribution in [3.63, 3.8) is 0 Å². The van der Waals surface area contributed by atoms with Crippen molar-refractivity contribution < 1.29 is 14.6 Å². The molecule has 1 aliphatic rings. The molecule has 2 heterocycles. The Hall–Kier alpha value is -2.44. The number of fused-ring (bicyclic) bond motifs is 2. The van der Waals surface area contributed by atoms with Crippen LogP contribution >= 0.6 is 11.3 Å². The van der Waals surface area contributed by atoms with Crippen LogP contribution in [0.3, 0.4) is 0 Å². The van der Waals surface area contributed by atoms with Crippen molar-refractivity contribution >= 4 is 27.5 Å². The molecule has 6 heteroatoms. The Kier molecular flexibility index (Phi) is 3.70. The molecule has 4 rings (SSSR count). The van der Waals surface area contributed by atoms with Gasteiger partial charge in [-0.3, -0.25) is 4.79 Å². The fraction of sp³-hybridized carbons (Fsp3) is 0.222. The molecule has 1 atom stereocenters. The smallest absolute Gasteiger partial charge is 0.251 e. The molecule has 3 aromatic rings. The van der Waals surface area contributed by atoms with Crippen LogP contribution in [0.25, 0.3) is 10.2 Å². The molecule has 0 radical (unpaired) electrons. The summed E-state index contributed by atoms with van der Waals surface area (Å²) in [6.07, 6.45) is 0.443. The summed E-state index contributed by atoms with van der Waals surface area (Å²) in [6.45, 7) is 0.573. The molecule has 0 fully saturated rings. The fourth-order valence-corrected chi connectivity index (χ4v) is 3.67. The number of para-hydroxylation sites is 1. The largest absolute Gasteiger partial charge is 0.493 e. The summed E-state index contributed by atoms with van der Waals surface area (Å²) in [7, 11) is 0. The van der Waals surface area contributed by atoms with Crippen LogP contribution in [-0.2, 0) is 5.60 Å². The predicted octanol–water partition coefficient (Wildman–Crippen LogP) is 2.70. The summed E-state index contributed by atoms with van der Waals surface area (Å²) < 4.78 is 6.54. The van der Waals surface area contributed by atoms with E-state index in [2.05, 4.69) is 10.3 Å². The molecule has 1 aromatic heterocycles. The zero-order chi connectivity index (χ0) is 16.6. The van der Waals surface area contributed by atoms with Gasteiger partial charge in [-0.2, -0.15) is 0 Å². The van der Waals surface area contributed by atoms with E-state index in [1.54, 1.807) is 11.6 Å². The lowest BCUT2D eigenvalue weighted by Gasteiger charge is -2.34. The van der Waals surface area contributed by atoms with Crippen LogP contribution in [0.15, 0.2) is 48.0 Å². The van der Waals surface area contributed by atoms with Crippen molar-refractivity contribution in [2.24, 2.45) is 0 Å². The second-order valence-corrected chi connectivity index (χ2v) is 6.73. The standard InChI is InChI=1S/C18H16N2O3S/c21-17(12-5-6-14-16(9-12)24-11-20-14)19-10-18(22)7-8-23-15-4-2-1-3-13(15)18/h1-6,9,11,22H,7-8,10H2,(H,19,21)/t18-/m1/s1. The molecule has 24 heavy (non-hydrogen) atoms. The van der Waals surface area contributed by atoms with Gasteiger partial charge in [0.05, 0.1) is 28.9 Å². The van der Waals surface area contributed by atoms with Gasteiger partial charge in [0.15, 0.2) is 0 Å². The monoisotopic (exact) mass is 340 g/mol. The van der Waals surface area contributed by atoms with Crippen molar-refractivity contribution in [3.8, 4) is 5.75 Å². The minimum Gasteiger partial charge on any atom is -0.493 e. The number of ether oxygens (including phenoxy) is 1. The third kappa shape index (κ3) is 2.64. The van der Waals surface area contributed by atoms with Gasteiger partial charge in [0.2, 0.25) is 0 Å². The molecule has 1 aliphatic heterocycles. The molecule has 0 spiro atoms. The second-order valence-electron chi connectivity index (χ2n) is 5.84. The number of nitrogens with one attached hydrogen (secondary N) is 1. The maximum atomic E-state index is 12.4. The molecule has 5 nitrogen and oxygen atoms in total. The van der Waals surface area contributed by atoms with Crippen LogP contribution in [0.1, 0.15) is 22.3 Å². The lowest BCUT2D eigenvalue weighted by Crippen LogP contribution is -2.43. The Morgan fingerprint density at radius 1 is 1.33 bits per heavy atom. The first-order chi connectivity index (χ1) is 11.7. The molecule has 0 aliphatic carbocycles. The van der Waals surface area contributed by atoms with E-state index < -0.39 is 5.60 Å². The minimum atomic E-state index is -1.11. The zero-order valence-electron chi connectivity index (χ0n) is 12.9. The first-order valence-corrected chi connectivity index (χ1v) is 8.60. The van der Waals surface area contributed by atoms with Gasteiger partial charge in [-0.05, 0) is 24.3 Å². The number of nitrogens with zero attached hydrogens (tertiary/aromatic N) is 1. The minimum absolute atomic E-state index is 0.146. The highest BCUT2D eigenvalue weighted by molar-refractivity contribution is 7.16. The normalized spacial score (nSPS) is 19.5. The van der Waals surface area contributed by atoms with E-state index in [-0.39, 0.29) is 12.5 Å². The number of aliphatic hydroxyl groups is 1. The van der Waals surface area contributed by atoms with Crippen LogP contribution in [0, 0.1) is 0 Å². The van der Waals surface area contributed by atoms with Crippen molar-refractivity contribution in [3.05, 3.63) is 59.1 Å². The van der Waals surface area contributed by atoms with E-state index in [1.165, 1.54) is 11.3 Å². The van der Waals surface area contributed by atoms with E-state index in [0.717, 1.165) is 15.8 Å². The van der Waals surface area contributed by atoms with Crippen molar-refractivity contribution in [2.45, 2.75) is 12.0 Å². The number of aromatic nitrogens is 1. The first kappa shape index (κ1) is 15.1. The van der Waals surface area contributed by atoms with Crippen molar-refractivity contribution in [2.75, 3.05) is 13.2 Å². The van der Waals surface area contributed by atoms with Crippen molar-refractivity contribution in [1.29, 1.82) is 0 Å². The highest BCUT2D eigenvalue weighted by Crippen LogP contribution is 2.36. The Morgan fingerprint density at radius 2 is 2.21 bits per heavy atom. The number of rotatable bonds is 3. The molecule has 0 unspecified atom stereocenters. The number of carbonyl (C=O) groups is 1. The van der Waals surface area contributed by atoms with E-state index in [0.29, 0.717) is 24.3 Å². The van der Waals surface area contributed by atoms with Gasteiger partial charge < -0.3 is 15.2 Å². The Labute approximate surface area is 142 Å². The van der Waals surface area contributed by atoms with Crippen LogP contribution in [0.4, 0.5) is 0 Å². The van der Waals surface area contributed by atoms with E-state index >= 15 is 0 Å². The van der Waals surface area contributed by atoms with Gasteiger partial charge in [-0.15, -0.1) is 11.3 Å². The maximum absolute atomic E-state index is 12.4. The zero-order valence-corrected chi connectivity index (χ0v) is 13.7. The van der Waals surface area contributed by atoms with Gasteiger partial charge in [0.25, 0.3) is 5.91 Å². The van der Waals surface area contributed by atoms with Crippen molar-refractivity contribution in [1.82, 2.24) is 10.3 Å². The number of benzene rings is 2. The number of carbonyl (C=O) groups excluding carboxylic acids is 1. The molecule has 0 saturated heterocycles. The molecule has 0 bridgehead atoms. The summed E-state index contributed by atoms with van der Waals surface area (Å²) in [5.41, 5.74) is 2.81. The summed E-state index contributed by atoms with van der Waals surface area (Å²) in [6, 6.07) is 12.8. The fourth-order valence-electron chi connectivity index (χ4n) is 2.95. The molecule has 1 amide bonds. The quantitative estimate of drug-likeness (QED) is 0.769. The summed E-state index contributed by atoms with van der Waals surface area (Å²) in [5.74, 6) is 0.467. The van der Waals surface area contributed by atoms with Crippen LogP contribution in [-0.4, -0.2) is 29.1 Å². The number of hydrogen-bond acceptors (Lipinski definition) is 5. The lowest BCUT2D eigenvalue weighted by atomic mass is 9.88. The number of thiazole rings is 1. The second kappa shape index (κ2) is 5.89. The number of amides is 1. The van der Waals surface area contributed by atoms with Gasteiger partial charge in [0.1, 0.15) is 11.4 Å². The average Bonchev–Trinajstić information content (AvgIpc) is 3.08. The van der Waals surface area contributed by atoms with Gasteiger partial charge in [-0.25, -0.2) is 4.98 Å². The molecule has 2 aromatic carbocycles. The Balaban J connectivity index is 1.53. The maximum Gasteiger partial charge on any atom is 0.251 e. The van der Waals surface area contributed by atoms with Gasteiger partial charge in [-0.1, -0.05) is 18.2 Å². The van der Waals surface area contributed by atoms with E-state index in [1.807, 2.05) is 36.4 Å². The molecular weight excluding hydrogens is 324 g/mol. The average molecular weight is 340 g/mol. The molecular formula is C18H16N2O3S. The molecule has 2 N–H and O–H groups in total. The third-order valence-corrected chi connectivity index (χ3v) is 5.09. The summed E-state index contributed by atoms with van der Waals surface area (Å²) in [5, 5.41) is 13.8. The Morgan fingerprint density at radius 3 is 3.12 bits per heavy atom. The summed E-state index contributed by atoms with van der Waals surface area (Å²) in [4.78, 5) is 16.6. The molecule has 122 valence electrons. The SMILES string of the molecule is O=C(NC[C@]1(O)CCOc2ccccc21)c1ccc2ncsc2c1. The van der Waals surface area contributed by atoms with Gasteiger partial charge in [0, 0.05) is 17.5 Å². The van der Waals surface area contributed by atoms with Gasteiger partial charge >= 0.3 is 0 Å². The topological polar surface area (TPSA) is 71.5 Å². The molecule has 0 saturated carbocycles. The highest BCUT2D eigenvalue weighted by atomic mass is 32.1. The summed E-state index contributed by atoms with van der Waals surface area (Å²) >= 11 is 1.50. The lowest BCUT2D eigenvalue weighted by molar-refractivity contribution is -0.00160. The van der Waals surface area contributed by atoms with E-state index in [4.69, 9.17) is 4.74 Å². The van der Waals surface area contributed by atoms with Crippen LogP contribution < -0.4 is 10.1 Å². The third-order valence-electron chi connectivity index (χ3n) is 4.30. The highest BCUT2D eigenvalue weighted by Gasteiger charge is 2.35. The number of hydrogen-bond donors (Lipinski definition) is 2. The van der Waals surface area contributed by atoms with Crippen LogP contribution in [0.2, 0.25) is 0 Å².